The lowest BCUT2D eigenvalue weighted by Crippen LogP contribution is -2.44. The summed E-state index contributed by atoms with van der Waals surface area (Å²) in [5.41, 5.74) is 1.28. The van der Waals surface area contributed by atoms with Gasteiger partial charge in [-0.25, -0.2) is 0 Å². The zero-order chi connectivity index (χ0) is 13.7. The Hall–Kier alpha value is -1.45. The normalized spacial score (nSPS) is 24.3. The Morgan fingerprint density at radius 2 is 2.11 bits per heavy atom. The number of hydrogen-bond donors (Lipinski definition) is 2. The number of rotatable bonds is 3. The molecule has 0 atom stereocenters. The summed E-state index contributed by atoms with van der Waals surface area (Å²) in [5, 5.41) is 6.92. The summed E-state index contributed by atoms with van der Waals surface area (Å²) in [6.45, 7) is 3.17. The van der Waals surface area contributed by atoms with Crippen molar-refractivity contribution >= 4 is 5.96 Å². The van der Waals surface area contributed by atoms with E-state index in [1.165, 1.54) is 31.2 Å². The van der Waals surface area contributed by atoms with Gasteiger partial charge < -0.3 is 15.2 Å². The van der Waals surface area contributed by atoms with E-state index in [9.17, 15) is 0 Å². The third-order valence-electron chi connectivity index (χ3n) is 3.93. The molecule has 1 heterocycles. The fourth-order valence-electron chi connectivity index (χ4n) is 2.64. The standard InChI is InChI=1S/C15H26N4/c1-12-4-6-14(7-5-12)18-15(16-2)17-10-13-8-9-19(3)11-13/h8-9,11-12,14H,4-7,10H2,1-3H3,(H2,16,17,18). The van der Waals surface area contributed by atoms with Gasteiger partial charge >= 0.3 is 0 Å². The van der Waals surface area contributed by atoms with Crippen molar-refractivity contribution in [1.82, 2.24) is 15.2 Å². The summed E-state index contributed by atoms with van der Waals surface area (Å²) >= 11 is 0. The molecule has 0 aliphatic heterocycles. The van der Waals surface area contributed by atoms with E-state index in [0.29, 0.717) is 6.04 Å². The maximum absolute atomic E-state index is 4.31. The molecule has 0 aromatic carbocycles. The van der Waals surface area contributed by atoms with E-state index in [4.69, 9.17) is 0 Å². The van der Waals surface area contributed by atoms with Gasteiger partial charge in [0.05, 0.1) is 0 Å². The number of hydrogen-bond acceptors (Lipinski definition) is 1. The van der Waals surface area contributed by atoms with Crippen LogP contribution in [0.2, 0.25) is 0 Å². The highest BCUT2D eigenvalue weighted by Gasteiger charge is 2.18. The van der Waals surface area contributed by atoms with Crippen LogP contribution < -0.4 is 10.6 Å². The van der Waals surface area contributed by atoms with Crippen LogP contribution in [0.3, 0.4) is 0 Å². The highest BCUT2D eigenvalue weighted by molar-refractivity contribution is 5.79. The Bertz CT molecular complexity index is 414. The van der Waals surface area contributed by atoms with Gasteiger partial charge in [0.2, 0.25) is 0 Å². The molecule has 2 N–H and O–H groups in total. The van der Waals surface area contributed by atoms with Crippen molar-refractivity contribution < 1.29 is 0 Å². The first-order valence-electron chi connectivity index (χ1n) is 7.25. The van der Waals surface area contributed by atoms with Gasteiger partial charge in [0, 0.05) is 39.1 Å². The molecule has 0 spiro atoms. The molecule has 0 bridgehead atoms. The minimum atomic E-state index is 0.582. The average molecular weight is 262 g/mol. The summed E-state index contributed by atoms with van der Waals surface area (Å²) in [7, 11) is 3.88. The van der Waals surface area contributed by atoms with Crippen LogP contribution in [0.15, 0.2) is 23.5 Å². The predicted molar refractivity (Wildman–Crippen MR) is 80.2 cm³/mol. The topological polar surface area (TPSA) is 41.4 Å². The van der Waals surface area contributed by atoms with Crippen LogP contribution in [0.1, 0.15) is 38.2 Å². The number of aliphatic imine (C=N–C) groups is 1. The number of guanidine groups is 1. The molecule has 1 aliphatic carbocycles. The fraction of sp³-hybridized carbons (Fsp3) is 0.667. The van der Waals surface area contributed by atoms with Gasteiger partial charge in [0.25, 0.3) is 0 Å². The lowest BCUT2D eigenvalue weighted by atomic mass is 9.87. The molecule has 4 nitrogen and oxygen atoms in total. The second kappa shape index (κ2) is 6.64. The van der Waals surface area contributed by atoms with E-state index in [1.54, 1.807) is 0 Å². The maximum atomic E-state index is 4.31. The fourth-order valence-corrected chi connectivity index (χ4v) is 2.64. The van der Waals surface area contributed by atoms with Gasteiger partial charge in [0.1, 0.15) is 0 Å². The molecule has 19 heavy (non-hydrogen) atoms. The zero-order valence-electron chi connectivity index (χ0n) is 12.3. The van der Waals surface area contributed by atoms with Crippen LogP contribution in [-0.2, 0) is 13.6 Å². The van der Waals surface area contributed by atoms with Gasteiger partial charge in [-0.3, -0.25) is 4.99 Å². The molecule has 1 aromatic heterocycles. The number of aryl methyl sites for hydroxylation is 1. The molecule has 0 saturated heterocycles. The molecule has 1 aromatic rings. The first-order chi connectivity index (χ1) is 9.17. The van der Waals surface area contributed by atoms with Crippen LogP contribution in [0.4, 0.5) is 0 Å². The summed E-state index contributed by atoms with van der Waals surface area (Å²) in [5.74, 6) is 1.81. The third kappa shape index (κ3) is 4.30. The Kier molecular flexibility index (Phi) is 4.88. The second-order valence-corrected chi connectivity index (χ2v) is 5.71. The maximum Gasteiger partial charge on any atom is 0.191 e. The van der Waals surface area contributed by atoms with Crippen molar-refractivity contribution in [1.29, 1.82) is 0 Å². The summed E-state index contributed by atoms with van der Waals surface area (Å²) in [4.78, 5) is 4.31. The number of nitrogens with zero attached hydrogens (tertiary/aromatic N) is 2. The van der Waals surface area contributed by atoms with Crippen LogP contribution in [-0.4, -0.2) is 23.6 Å². The molecule has 0 amide bonds. The molecule has 1 aliphatic rings. The molecule has 0 unspecified atom stereocenters. The Balaban J connectivity index is 1.77. The van der Waals surface area contributed by atoms with Gasteiger partial charge in [0.15, 0.2) is 5.96 Å². The lowest BCUT2D eigenvalue weighted by Gasteiger charge is -2.28. The van der Waals surface area contributed by atoms with Crippen molar-refractivity contribution in [2.75, 3.05) is 7.05 Å². The molecule has 4 heteroatoms. The van der Waals surface area contributed by atoms with E-state index in [0.717, 1.165) is 18.4 Å². The molecule has 1 fully saturated rings. The lowest BCUT2D eigenvalue weighted by molar-refractivity contribution is 0.329. The average Bonchev–Trinajstić information content (AvgIpc) is 2.82. The van der Waals surface area contributed by atoms with Crippen molar-refractivity contribution in [2.45, 2.75) is 45.2 Å². The van der Waals surface area contributed by atoms with Gasteiger partial charge in [-0.05, 0) is 43.2 Å². The van der Waals surface area contributed by atoms with Crippen molar-refractivity contribution in [2.24, 2.45) is 18.0 Å². The quantitative estimate of drug-likeness (QED) is 0.648. The van der Waals surface area contributed by atoms with E-state index in [-0.39, 0.29) is 0 Å². The molecule has 2 rings (SSSR count). The molecular weight excluding hydrogens is 236 g/mol. The number of nitrogens with one attached hydrogen (secondary N) is 2. The highest BCUT2D eigenvalue weighted by atomic mass is 15.2. The van der Waals surface area contributed by atoms with Gasteiger partial charge in [-0.15, -0.1) is 0 Å². The molecule has 0 radical (unpaired) electrons. The van der Waals surface area contributed by atoms with Crippen molar-refractivity contribution in [3.8, 4) is 0 Å². The molecule has 106 valence electrons. The summed E-state index contributed by atoms with van der Waals surface area (Å²) in [6, 6.07) is 2.71. The first kappa shape index (κ1) is 14.0. The Morgan fingerprint density at radius 1 is 1.37 bits per heavy atom. The van der Waals surface area contributed by atoms with Crippen molar-refractivity contribution in [3.63, 3.8) is 0 Å². The van der Waals surface area contributed by atoms with Crippen LogP contribution in [0, 0.1) is 5.92 Å². The first-order valence-corrected chi connectivity index (χ1v) is 7.25. The highest BCUT2D eigenvalue weighted by Crippen LogP contribution is 2.23. The van der Waals surface area contributed by atoms with Crippen LogP contribution in [0.25, 0.3) is 0 Å². The van der Waals surface area contributed by atoms with Crippen LogP contribution in [0.5, 0.6) is 0 Å². The Labute approximate surface area is 116 Å². The van der Waals surface area contributed by atoms with Gasteiger partial charge in [-0.1, -0.05) is 6.92 Å². The Morgan fingerprint density at radius 3 is 2.68 bits per heavy atom. The second-order valence-electron chi connectivity index (χ2n) is 5.71. The summed E-state index contributed by atoms with van der Waals surface area (Å²) < 4.78 is 2.07. The smallest absolute Gasteiger partial charge is 0.191 e. The predicted octanol–water partition coefficient (Wildman–Crippen LogP) is 2.27. The minimum Gasteiger partial charge on any atom is -0.357 e. The van der Waals surface area contributed by atoms with Gasteiger partial charge in [-0.2, -0.15) is 0 Å². The van der Waals surface area contributed by atoms with E-state index in [2.05, 4.69) is 45.6 Å². The van der Waals surface area contributed by atoms with E-state index >= 15 is 0 Å². The van der Waals surface area contributed by atoms with E-state index < -0.39 is 0 Å². The van der Waals surface area contributed by atoms with Crippen molar-refractivity contribution in [3.05, 3.63) is 24.0 Å². The monoisotopic (exact) mass is 262 g/mol. The summed E-state index contributed by atoms with van der Waals surface area (Å²) in [6.07, 6.45) is 9.36. The number of aromatic nitrogens is 1. The largest absolute Gasteiger partial charge is 0.357 e. The molecular formula is C15H26N4. The van der Waals surface area contributed by atoms with Crippen LogP contribution >= 0.6 is 0 Å². The SMILES string of the molecule is CN=C(NCc1ccn(C)c1)NC1CCC(C)CC1. The zero-order valence-corrected chi connectivity index (χ0v) is 12.3. The van der Waals surface area contributed by atoms with E-state index in [1.807, 2.05) is 14.1 Å². The minimum absolute atomic E-state index is 0.582. The molecule has 1 saturated carbocycles. The third-order valence-corrected chi connectivity index (χ3v) is 3.93.